The zero-order valence-corrected chi connectivity index (χ0v) is 8.58. The van der Waals surface area contributed by atoms with Gasteiger partial charge in [-0.2, -0.15) is 0 Å². The molecule has 2 rings (SSSR count). The normalized spacial score (nSPS) is 24.8. The number of aromatic hydroxyl groups is 1. The predicted octanol–water partition coefficient (Wildman–Crippen LogP) is -0.430. The Kier molecular flexibility index (Phi) is 2.80. The quantitative estimate of drug-likeness (QED) is 0.603. The Bertz CT molecular complexity index is 397. The summed E-state index contributed by atoms with van der Waals surface area (Å²) < 4.78 is 0. The van der Waals surface area contributed by atoms with Crippen molar-refractivity contribution < 1.29 is 20.1 Å². The summed E-state index contributed by atoms with van der Waals surface area (Å²) in [4.78, 5) is 13.2. The van der Waals surface area contributed by atoms with E-state index in [1.165, 1.54) is 17.0 Å². The summed E-state index contributed by atoms with van der Waals surface area (Å²) in [6.45, 7) is 0.183. The molecule has 1 saturated heterocycles. The van der Waals surface area contributed by atoms with Gasteiger partial charge in [-0.15, -0.1) is 0 Å². The van der Waals surface area contributed by atoms with Crippen molar-refractivity contribution in [3.8, 4) is 5.75 Å². The van der Waals surface area contributed by atoms with E-state index < -0.39 is 12.2 Å². The number of carbonyl (C=O) groups excluding carboxylic acids is 1. The molecule has 0 bridgehead atoms. The molecule has 2 atom stereocenters. The summed E-state index contributed by atoms with van der Waals surface area (Å²) in [5.74, 6) is -0.475. The average molecular weight is 223 g/mol. The number of likely N-dealkylation sites (tertiary alicyclic amines) is 1. The van der Waals surface area contributed by atoms with E-state index in [0.29, 0.717) is 0 Å². The molecule has 0 spiro atoms. The zero-order valence-electron chi connectivity index (χ0n) is 8.58. The van der Waals surface area contributed by atoms with Crippen LogP contribution in [0.1, 0.15) is 10.4 Å². The minimum absolute atomic E-state index is 0.0916. The topological polar surface area (TPSA) is 81.0 Å². The van der Waals surface area contributed by atoms with E-state index in [1.807, 2.05) is 0 Å². The van der Waals surface area contributed by atoms with E-state index in [1.54, 1.807) is 12.1 Å². The molecule has 1 heterocycles. The molecule has 16 heavy (non-hydrogen) atoms. The highest BCUT2D eigenvalue weighted by atomic mass is 16.3. The van der Waals surface area contributed by atoms with Gasteiger partial charge in [-0.25, -0.2) is 0 Å². The number of aliphatic hydroxyl groups excluding tert-OH is 2. The maximum atomic E-state index is 11.9. The molecule has 2 unspecified atom stereocenters. The van der Waals surface area contributed by atoms with Crippen LogP contribution < -0.4 is 0 Å². The first-order chi connectivity index (χ1) is 7.59. The minimum atomic E-state index is -0.908. The lowest BCUT2D eigenvalue weighted by atomic mass is 10.2. The number of phenolic OH excluding ortho intramolecular Hbond substituents is 1. The summed E-state index contributed by atoms with van der Waals surface area (Å²) in [6.07, 6.45) is -1.82. The van der Waals surface area contributed by atoms with Crippen molar-refractivity contribution in [3.63, 3.8) is 0 Å². The van der Waals surface area contributed by atoms with Gasteiger partial charge in [0.2, 0.25) is 0 Å². The number of benzene rings is 1. The van der Waals surface area contributed by atoms with Crippen LogP contribution in [0.5, 0.6) is 5.75 Å². The molecule has 1 fully saturated rings. The van der Waals surface area contributed by atoms with Gasteiger partial charge < -0.3 is 20.2 Å². The Morgan fingerprint density at radius 2 is 1.75 bits per heavy atom. The lowest BCUT2D eigenvalue weighted by molar-refractivity contribution is 0.0572. The van der Waals surface area contributed by atoms with Crippen molar-refractivity contribution in [3.05, 3.63) is 29.8 Å². The Labute approximate surface area is 92.6 Å². The number of phenols is 1. The predicted molar refractivity (Wildman–Crippen MR) is 56.0 cm³/mol. The molecule has 5 heteroatoms. The van der Waals surface area contributed by atoms with Crippen LogP contribution in [0, 0.1) is 0 Å². The third-order valence-corrected chi connectivity index (χ3v) is 2.68. The highest BCUT2D eigenvalue weighted by molar-refractivity contribution is 5.97. The van der Waals surface area contributed by atoms with Crippen molar-refractivity contribution in [1.82, 2.24) is 4.90 Å². The van der Waals surface area contributed by atoms with Crippen LogP contribution in [0.25, 0.3) is 0 Å². The number of aliphatic hydroxyl groups is 2. The molecule has 5 nitrogen and oxygen atoms in total. The first-order valence-electron chi connectivity index (χ1n) is 5.03. The molecule has 0 radical (unpaired) electrons. The van der Waals surface area contributed by atoms with Gasteiger partial charge in [-0.05, 0) is 12.1 Å². The summed E-state index contributed by atoms with van der Waals surface area (Å²) in [7, 11) is 0. The molecule has 0 aromatic heterocycles. The SMILES string of the molecule is O=C(c1ccccc1O)N1CC(O)C(O)C1. The fraction of sp³-hybridized carbons (Fsp3) is 0.364. The highest BCUT2D eigenvalue weighted by Gasteiger charge is 2.33. The lowest BCUT2D eigenvalue weighted by Crippen LogP contribution is -2.29. The van der Waals surface area contributed by atoms with Gasteiger partial charge in [0.05, 0.1) is 17.8 Å². The molecule has 0 saturated carbocycles. The van der Waals surface area contributed by atoms with Gasteiger partial charge in [-0.3, -0.25) is 4.79 Å². The molecule has 1 amide bonds. The van der Waals surface area contributed by atoms with E-state index in [9.17, 15) is 20.1 Å². The smallest absolute Gasteiger partial charge is 0.257 e. The van der Waals surface area contributed by atoms with Crippen LogP contribution in [0.4, 0.5) is 0 Å². The number of para-hydroxylation sites is 1. The number of carbonyl (C=O) groups is 1. The van der Waals surface area contributed by atoms with Crippen LogP contribution in [-0.2, 0) is 0 Å². The van der Waals surface area contributed by atoms with Crippen LogP contribution >= 0.6 is 0 Å². The number of rotatable bonds is 1. The Morgan fingerprint density at radius 3 is 2.31 bits per heavy atom. The lowest BCUT2D eigenvalue weighted by Gasteiger charge is -2.15. The molecule has 86 valence electrons. The van der Waals surface area contributed by atoms with Gasteiger partial charge in [0, 0.05) is 13.1 Å². The second-order valence-electron chi connectivity index (χ2n) is 3.86. The van der Waals surface area contributed by atoms with E-state index in [4.69, 9.17) is 0 Å². The summed E-state index contributed by atoms with van der Waals surface area (Å²) in [5.41, 5.74) is 0.184. The number of β-amino-alcohol motifs (C(OH)–C–C–N with tert-alkyl or cyclic N) is 2. The molecule has 1 aromatic carbocycles. The van der Waals surface area contributed by atoms with Gasteiger partial charge in [0.25, 0.3) is 5.91 Å². The van der Waals surface area contributed by atoms with Crippen LogP contribution in [0.2, 0.25) is 0 Å². The van der Waals surface area contributed by atoms with E-state index >= 15 is 0 Å². The number of amides is 1. The average Bonchev–Trinajstić information content (AvgIpc) is 2.59. The minimum Gasteiger partial charge on any atom is -0.507 e. The van der Waals surface area contributed by atoms with Crippen LogP contribution in [0.15, 0.2) is 24.3 Å². The van der Waals surface area contributed by atoms with Crippen molar-refractivity contribution in [2.45, 2.75) is 12.2 Å². The second-order valence-corrected chi connectivity index (χ2v) is 3.86. The summed E-state index contributed by atoms with van der Waals surface area (Å²) in [6, 6.07) is 6.21. The van der Waals surface area contributed by atoms with Crippen molar-refractivity contribution in [2.75, 3.05) is 13.1 Å². The fourth-order valence-electron chi connectivity index (χ4n) is 1.76. The van der Waals surface area contributed by atoms with Gasteiger partial charge >= 0.3 is 0 Å². The molecule has 1 aromatic rings. The number of nitrogens with zero attached hydrogens (tertiary/aromatic N) is 1. The fourth-order valence-corrected chi connectivity index (χ4v) is 1.76. The van der Waals surface area contributed by atoms with Crippen LogP contribution in [-0.4, -0.2) is 51.4 Å². The molecular weight excluding hydrogens is 210 g/mol. The first-order valence-corrected chi connectivity index (χ1v) is 5.03. The second kappa shape index (κ2) is 4.11. The Hall–Kier alpha value is -1.59. The third-order valence-electron chi connectivity index (χ3n) is 2.68. The zero-order chi connectivity index (χ0) is 11.7. The van der Waals surface area contributed by atoms with E-state index in [0.717, 1.165) is 0 Å². The van der Waals surface area contributed by atoms with E-state index in [-0.39, 0.29) is 30.3 Å². The summed E-state index contributed by atoms with van der Waals surface area (Å²) >= 11 is 0. The van der Waals surface area contributed by atoms with Gasteiger partial charge in [0.15, 0.2) is 0 Å². The van der Waals surface area contributed by atoms with E-state index in [2.05, 4.69) is 0 Å². The molecule has 3 N–H and O–H groups in total. The largest absolute Gasteiger partial charge is 0.507 e. The molecule has 1 aliphatic rings. The third kappa shape index (κ3) is 1.87. The first kappa shape index (κ1) is 10.9. The summed E-state index contributed by atoms with van der Waals surface area (Å²) in [5, 5.41) is 28.2. The standard InChI is InChI=1S/C11H13NO4/c13-8-4-2-1-3-7(8)11(16)12-5-9(14)10(15)6-12/h1-4,9-10,13-15H,5-6H2. The van der Waals surface area contributed by atoms with Crippen molar-refractivity contribution in [2.24, 2.45) is 0 Å². The Balaban J connectivity index is 2.18. The maximum absolute atomic E-state index is 11.9. The Morgan fingerprint density at radius 1 is 1.19 bits per heavy atom. The maximum Gasteiger partial charge on any atom is 0.257 e. The molecular formula is C11H13NO4. The number of hydrogen-bond donors (Lipinski definition) is 3. The molecule has 0 aliphatic carbocycles. The van der Waals surface area contributed by atoms with Gasteiger partial charge in [-0.1, -0.05) is 12.1 Å². The van der Waals surface area contributed by atoms with Gasteiger partial charge in [0.1, 0.15) is 5.75 Å². The highest BCUT2D eigenvalue weighted by Crippen LogP contribution is 2.20. The van der Waals surface area contributed by atoms with Crippen molar-refractivity contribution in [1.29, 1.82) is 0 Å². The van der Waals surface area contributed by atoms with Crippen LogP contribution in [0.3, 0.4) is 0 Å². The number of hydrogen-bond acceptors (Lipinski definition) is 4. The molecule has 1 aliphatic heterocycles. The van der Waals surface area contributed by atoms with Crippen molar-refractivity contribution >= 4 is 5.91 Å². The monoisotopic (exact) mass is 223 g/mol.